The van der Waals surface area contributed by atoms with Gasteiger partial charge in [-0.1, -0.05) is 18.5 Å². The van der Waals surface area contributed by atoms with Crippen molar-refractivity contribution in [1.82, 2.24) is 0 Å². The van der Waals surface area contributed by atoms with Gasteiger partial charge in [-0.3, -0.25) is 4.79 Å². The first-order valence-corrected chi connectivity index (χ1v) is 11.3. The first-order chi connectivity index (χ1) is 16.6. The molecule has 35 heavy (non-hydrogen) atoms. The average molecular weight is 502 g/mol. The molecule has 1 aliphatic carbocycles. The molecule has 182 valence electrons. The summed E-state index contributed by atoms with van der Waals surface area (Å²) >= 11 is 6.42. The summed E-state index contributed by atoms with van der Waals surface area (Å²) in [6, 6.07) is 3.62. The monoisotopic (exact) mass is 501 g/mol. The molecule has 0 radical (unpaired) electrons. The number of carbonyl (C=O) groups is 1. The normalized spacial score (nSPS) is 21.1. The molecule has 0 saturated carbocycles. The molecule has 6 nitrogen and oxygen atoms in total. The van der Waals surface area contributed by atoms with Crippen molar-refractivity contribution >= 4 is 17.5 Å². The molecule has 1 amide bonds. The van der Waals surface area contributed by atoms with E-state index in [4.69, 9.17) is 32.5 Å². The lowest BCUT2D eigenvalue weighted by atomic mass is 9.76. The van der Waals surface area contributed by atoms with Crippen LogP contribution in [0.25, 0.3) is 11.1 Å². The van der Waals surface area contributed by atoms with Gasteiger partial charge in [0.2, 0.25) is 5.91 Å². The van der Waals surface area contributed by atoms with E-state index in [1.54, 1.807) is 24.3 Å². The lowest BCUT2D eigenvalue weighted by Gasteiger charge is -2.30. The number of halogens is 3. The van der Waals surface area contributed by atoms with Crippen LogP contribution in [0.1, 0.15) is 35.7 Å². The second-order valence-electron chi connectivity index (χ2n) is 8.49. The fourth-order valence-electron chi connectivity index (χ4n) is 4.54. The zero-order chi connectivity index (χ0) is 25.5. The Morgan fingerprint density at radius 3 is 2.71 bits per heavy atom. The number of amides is 1. The molecule has 0 aromatic heterocycles. The Morgan fingerprint density at radius 1 is 1.37 bits per heavy atom. The third-order valence-electron chi connectivity index (χ3n) is 6.26. The molecule has 2 aromatic rings. The zero-order valence-corrected chi connectivity index (χ0v) is 19.8. The van der Waals surface area contributed by atoms with Crippen molar-refractivity contribution in [2.75, 3.05) is 13.2 Å². The third kappa shape index (κ3) is 4.09. The summed E-state index contributed by atoms with van der Waals surface area (Å²) < 4.78 is 42.6. The summed E-state index contributed by atoms with van der Waals surface area (Å²) in [5.74, 6) is -3.44. The minimum atomic E-state index is -1.10. The van der Waals surface area contributed by atoms with Gasteiger partial charge in [0, 0.05) is 41.3 Å². The minimum absolute atomic E-state index is 0.0221. The first-order valence-electron chi connectivity index (χ1n) is 10.9. The van der Waals surface area contributed by atoms with E-state index in [-0.39, 0.29) is 41.3 Å². The van der Waals surface area contributed by atoms with Gasteiger partial charge in [-0.25, -0.2) is 8.78 Å². The number of ether oxygens (including phenoxy) is 2. The van der Waals surface area contributed by atoms with Gasteiger partial charge in [0.05, 0.1) is 28.8 Å². The first kappa shape index (κ1) is 24.8. The predicted molar refractivity (Wildman–Crippen MR) is 128 cm³/mol. The van der Waals surface area contributed by atoms with E-state index in [1.807, 2.05) is 6.92 Å². The molecular weight excluding hydrogens is 478 g/mol. The number of aliphatic hydroxyl groups is 1. The van der Waals surface area contributed by atoms with E-state index < -0.39 is 40.2 Å². The molecule has 0 spiro atoms. The van der Waals surface area contributed by atoms with Gasteiger partial charge in [0.1, 0.15) is 35.9 Å². The molecule has 4 rings (SSSR count). The van der Waals surface area contributed by atoms with E-state index in [1.165, 1.54) is 19.1 Å². The number of nitrogens with two attached hydrogens (primary N) is 2. The second-order valence-corrected chi connectivity index (χ2v) is 8.87. The molecule has 1 aliphatic heterocycles. The molecule has 0 fully saturated rings. The van der Waals surface area contributed by atoms with Crippen LogP contribution in [0.5, 0.6) is 11.5 Å². The van der Waals surface area contributed by atoms with Crippen molar-refractivity contribution in [3.05, 3.63) is 81.9 Å². The van der Waals surface area contributed by atoms with Gasteiger partial charge in [-0.2, -0.15) is 0 Å². The van der Waals surface area contributed by atoms with Crippen molar-refractivity contribution in [2.24, 2.45) is 11.5 Å². The van der Waals surface area contributed by atoms with Gasteiger partial charge in [-0.05, 0) is 19.1 Å². The topological polar surface area (TPSA) is 108 Å². The number of benzene rings is 2. The predicted octanol–water partition coefficient (Wildman–Crippen LogP) is 4.19. The second kappa shape index (κ2) is 9.40. The summed E-state index contributed by atoms with van der Waals surface area (Å²) in [5, 5.41) is 9.15. The Kier molecular flexibility index (Phi) is 6.66. The summed E-state index contributed by atoms with van der Waals surface area (Å²) in [5.41, 5.74) is 11.1. The van der Waals surface area contributed by atoms with Crippen LogP contribution < -0.4 is 20.9 Å². The fourth-order valence-corrected chi connectivity index (χ4v) is 4.79. The SMILES string of the molecule is C[C@H](O)COc1ccc(C(N)=O)c(-c2c(Cl)c(F)cc3c2[C@H](C)[C@@](CN)(C2=CC=[C+]C=C2)O3)c1F. The maximum absolute atomic E-state index is 15.9. The lowest BCUT2D eigenvalue weighted by Crippen LogP contribution is -2.46. The molecule has 0 bridgehead atoms. The van der Waals surface area contributed by atoms with Crippen LogP contribution >= 0.6 is 11.6 Å². The van der Waals surface area contributed by atoms with Crippen LogP contribution in [0.3, 0.4) is 0 Å². The summed E-state index contributed by atoms with van der Waals surface area (Å²) in [7, 11) is 0. The number of carbonyl (C=O) groups excluding carboxylic acids is 1. The number of hydrogen-bond donors (Lipinski definition) is 3. The maximum Gasteiger partial charge on any atom is 0.249 e. The van der Waals surface area contributed by atoms with Crippen molar-refractivity contribution < 1.29 is 28.2 Å². The van der Waals surface area contributed by atoms with Crippen LogP contribution in [0, 0.1) is 17.7 Å². The van der Waals surface area contributed by atoms with E-state index in [9.17, 15) is 9.90 Å². The van der Waals surface area contributed by atoms with Gasteiger partial charge in [-0.15, -0.1) is 0 Å². The van der Waals surface area contributed by atoms with Crippen LogP contribution in [0.4, 0.5) is 8.78 Å². The summed E-state index contributed by atoms with van der Waals surface area (Å²) in [6.45, 7) is 3.10. The number of allylic oxidation sites excluding steroid dienone is 4. The molecule has 9 heteroatoms. The van der Waals surface area contributed by atoms with Crippen molar-refractivity contribution in [2.45, 2.75) is 31.5 Å². The maximum atomic E-state index is 15.9. The van der Waals surface area contributed by atoms with E-state index >= 15 is 8.78 Å². The highest BCUT2D eigenvalue weighted by atomic mass is 35.5. The Labute approximate surface area is 206 Å². The van der Waals surface area contributed by atoms with Crippen LogP contribution in [-0.4, -0.2) is 35.9 Å². The quantitative estimate of drug-likeness (QED) is 0.493. The Morgan fingerprint density at radius 2 is 2.11 bits per heavy atom. The van der Waals surface area contributed by atoms with Crippen molar-refractivity contribution in [3.63, 3.8) is 0 Å². The molecule has 2 aliphatic rings. The average Bonchev–Trinajstić information content (AvgIpc) is 3.11. The smallest absolute Gasteiger partial charge is 0.249 e. The summed E-state index contributed by atoms with van der Waals surface area (Å²) in [6.07, 6.45) is 9.03. The number of hydrogen-bond acceptors (Lipinski definition) is 5. The molecule has 2 aromatic carbocycles. The molecule has 1 heterocycles. The molecule has 5 N–H and O–H groups in total. The van der Waals surface area contributed by atoms with Gasteiger partial charge < -0.3 is 26.0 Å². The minimum Gasteiger partial charge on any atom is -0.488 e. The fraction of sp³-hybridized carbons (Fsp3) is 0.269. The van der Waals surface area contributed by atoms with Crippen LogP contribution in [-0.2, 0) is 0 Å². The molecular formula is C26H24ClF2N2O4+. The lowest BCUT2D eigenvalue weighted by molar-refractivity contribution is 0.0999. The van der Waals surface area contributed by atoms with E-state index in [2.05, 4.69) is 6.08 Å². The standard InChI is InChI=1S/C26H23ClF2N2O4/c1-13(32)11-34-18-9-8-16(25(31)33)21(24(18)29)22-20-14(2)26(12-30,15-6-4-3-5-7-15)35-19(20)10-17(28)23(22)27/h4-10,13-14,32H,11-12,30H2,1-2H3,(H-,31,33)/p+1/t13-,14-,26-/m0/s1. The Bertz CT molecular complexity index is 1290. The largest absolute Gasteiger partial charge is 0.488 e. The van der Waals surface area contributed by atoms with Crippen LogP contribution in [0.2, 0.25) is 5.02 Å². The van der Waals surface area contributed by atoms with E-state index in [0.717, 1.165) is 11.6 Å². The molecule has 0 unspecified atom stereocenters. The number of aliphatic hydroxyl groups excluding tert-OH is 1. The highest BCUT2D eigenvalue weighted by Gasteiger charge is 2.52. The number of rotatable bonds is 7. The van der Waals surface area contributed by atoms with Gasteiger partial charge in [0.25, 0.3) is 0 Å². The van der Waals surface area contributed by atoms with Gasteiger partial charge in [0.15, 0.2) is 17.2 Å². The Balaban J connectivity index is 1.99. The molecule has 3 atom stereocenters. The third-order valence-corrected chi connectivity index (χ3v) is 6.63. The number of fused-ring (bicyclic) bond motifs is 1. The summed E-state index contributed by atoms with van der Waals surface area (Å²) in [4.78, 5) is 12.3. The molecule has 0 saturated heterocycles. The van der Waals surface area contributed by atoms with Crippen molar-refractivity contribution in [3.8, 4) is 22.6 Å². The van der Waals surface area contributed by atoms with Gasteiger partial charge >= 0.3 is 0 Å². The highest BCUT2D eigenvalue weighted by molar-refractivity contribution is 6.34. The number of primary amides is 1. The highest BCUT2D eigenvalue weighted by Crippen LogP contribution is 2.55. The van der Waals surface area contributed by atoms with Crippen molar-refractivity contribution in [1.29, 1.82) is 0 Å². The Hall–Kier alpha value is -3.29. The zero-order valence-electron chi connectivity index (χ0n) is 19.1. The van der Waals surface area contributed by atoms with E-state index in [0.29, 0.717) is 5.56 Å². The van der Waals surface area contributed by atoms with Crippen LogP contribution in [0.15, 0.2) is 48.1 Å².